The topological polar surface area (TPSA) is 70.7 Å². The lowest BCUT2D eigenvalue weighted by molar-refractivity contribution is -0.109. The maximum absolute atomic E-state index is 12.6. The minimum absolute atomic E-state index is 0.208. The van der Waals surface area contributed by atoms with E-state index in [0.717, 1.165) is 50.0 Å². The van der Waals surface area contributed by atoms with E-state index in [4.69, 9.17) is 4.74 Å². The fourth-order valence-corrected chi connectivity index (χ4v) is 5.88. The van der Waals surface area contributed by atoms with Crippen molar-refractivity contribution in [2.75, 3.05) is 32.7 Å². The van der Waals surface area contributed by atoms with Crippen LogP contribution in [-0.2, 0) is 4.79 Å². The SMILES string of the molecule is CCCCCCCCCCCCCCCCC(CNC=O)c1cccc(OC(=O)NCCN(CCCC)CCCC)c1C. The smallest absolute Gasteiger partial charge is 0.410 e. The Morgan fingerprint density at radius 1 is 0.767 bits per heavy atom. The lowest BCUT2D eigenvalue weighted by Crippen LogP contribution is -2.37. The number of ether oxygens (including phenoxy) is 1. The summed E-state index contributed by atoms with van der Waals surface area (Å²) in [6.07, 6.45) is 25.0. The summed E-state index contributed by atoms with van der Waals surface area (Å²) in [5.74, 6) is 0.806. The summed E-state index contributed by atoms with van der Waals surface area (Å²) < 4.78 is 5.75. The lowest BCUT2D eigenvalue weighted by Gasteiger charge is -2.22. The molecule has 0 aliphatic rings. The van der Waals surface area contributed by atoms with Gasteiger partial charge in [0.2, 0.25) is 6.41 Å². The van der Waals surface area contributed by atoms with Crippen LogP contribution in [0, 0.1) is 6.92 Å². The van der Waals surface area contributed by atoms with Crippen LogP contribution in [0.25, 0.3) is 0 Å². The summed E-state index contributed by atoms with van der Waals surface area (Å²) in [7, 11) is 0. The van der Waals surface area contributed by atoms with Gasteiger partial charge < -0.3 is 20.3 Å². The first-order chi connectivity index (χ1) is 21.1. The van der Waals surface area contributed by atoms with E-state index in [9.17, 15) is 9.59 Å². The van der Waals surface area contributed by atoms with Crippen molar-refractivity contribution in [2.24, 2.45) is 0 Å². The molecular formula is C37H67N3O3. The molecule has 0 saturated carbocycles. The van der Waals surface area contributed by atoms with Gasteiger partial charge in [0.25, 0.3) is 0 Å². The molecule has 0 bridgehead atoms. The lowest BCUT2D eigenvalue weighted by atomic mass is 9.89. The Kier molecular flexibility index (Phi) is 24.9. The van der Waals surface area contributed by atoms with Gasteiger partial charge in [0.15, 0.2) is 0 Å². The Labute approximate surface area is 265 Å². The number of nitrogens with zero attached hydrogens (tertiary/aromatic N) is 1. The van der Waals surface area contributed by atoms with Gasteiger partial charge in [0.05, 0.1) is 0 Å². The Morgan fingerprint density at radius 3 is 1.84 bits per heavy atom. The van der Waals surface area contributed by atoms with E-state index < -0.39 is 6.09 Å². The summed E-state index contributed by atoms with van der Waals surface area (Å²) >= 11 is 0. The van der Waals surface area contributed by atoms with Crippen molar-refractivity contribution < 1.29 is 14.3 Å². The summed E-state index contributed by atoms with van der Waals surface area (Å²) in [4.78, 5) is 26.2. The van der Waals surface area contributed by atoms with Gasteiger partial charge in [0, 0.05) is 25.6 Å². The van der Waals surface area contributed by atoms with Gasteiger partial charge in [-0.05, 0) is 56.5 Å². The molecule has 2 amide bonds. The molecule has 0 aromatic heterocycles. The molecule has 0 fully saturated rings. The summed E-state index contributed by atoms with van der Waals surface area (Å²) in [5.41, 5.74) is 2.13. The molecule has 6 heteroatoms. The van der Waals surface area contributed by atoms with Gasteiger partial charge >= 0.3 is 6.09 Å². The number of rotatable bonds is 29. The van der Waals surface area contributed by atoms with Crippen LogP contribution in [0.2, 0.25) is 0 Å². The molecule has 0 saturated heterocycles. The highest BCUT2D eigenvalue weighted by Crippen LogP contribution is 2.30. The quantitative estimate of drug-likeness (QED) is 0.0708. The number of hydrogen-bond donors (Lipinski definition) is 2. The standard InChI is InChI=1S/C37H67N3O3/c1-5-8-11-12-13-14-15-16-17-18-19-20-21-22-24-34(31-38-32-41)35-25-23-26-36(33(35)4)43-37(42)39-27-30-40(28-9-6-2)29-10-7-3/h23,25-26,32,34H,5-22,24,27-31H2,1-4H3,(H,38,41)(H,39,42). The van der Waals surface area contributed by atoms with Gasteiger partial charge in [-0.15, -0.1) is 0 Å². The molecule has 1 atom stereocenters. The van der Waals surface area contributed by atoms with Gasteiger partial charge in [0.1, 0.15) is 5.75 Å². The van der Waals surface area contributed by atoms with Crippen LogP contribution >= 0.6 is 0 Å². The van der Waals surface area contributed by atoms with Crippen molar-refractivity contribution >= 4 is 12.5 Å². The third-order valence-corrected chi connectivity index (χ3v) is 8.68. The molecule has 43 heavy (non-hydrogen) atoms. The van der Waals surface area contributed by atoms with Crippen molar-refractivity contribution in [3.63, 3.8) is 0 Å². The molecule has 0 aliphatic heterocycles. The fourth-order valence-electron chi connectivity index (χ4n) is 5.88. The van der Waals surface area contributed by atoms with Crippen molar-refractivity contribution in [2.45, 2.75) is 156 Å². The Morgan fingerprint density at radius 2 is 1.30 bits per heavy atom. The van der Waals surface area contributed by atoms with E-state index >= 15 is 0 Å². The predicted octanol–water partition coefficient (Wildman–Crippen LogP) is 9.69. The molecule has 0 radical (unpaired) electrons. The van der Waals surface area contributed by atoms with E-state index in [2.05, 4.69) is 42.4 Å². The van der Waals surface area contributed by atoms with E-state index in [0.29, 0.717) is 18.8 Å². The fraction of sp³-hybridized carbons (Fsp3) is 0.784. The van der Waals surface area contributed by atoms with E-state index in [1.807, 2.05) is 19.1 Å². The maximum atomic E-state index is 12.6. The number of hydrogen-bond acceptors (Lipinski definition) is 4. The monoisotopic (exact) mass is 602 g/mol. The van der Waals surface area contributed by atoms with Crippen molar-refractivity contribution in [1.29, 1.82) is 0 Å². The van der Waals surface area contributed by atoms with E-state index in [-0.39, 0.29) is 5.92 Å². The highest BCUT2D eigenvalue weighted by molar-refractivity contribution is 5.71. The number of amides is 2. The minimum Gasteiger partial charge on any atom is -0.410 e. The van der Waals surface area contributed by atoms with Crippen LogP contribution in [0.1, 0.15) is 160 Å². The molecule has 1 rings (SSSR count). The van der Waals surface area contributed by atoms with Crippen molar-refractivity contribution in [3.05, 3.63) is 29.3 Å². The molecule has 248 valence electrons. The summed E-state index contributed by atoms with van der Waals surface area (Å²) in [6.45, 7) is 12.9. The zero-order valence-electron chi connectivity index (χ0n) is 28.5. The zero-order valence-corrected chi connectivity index (χ0v) is 28.5. The molecule has 0 spiro atoms. The second-order valence-electron chi connectivity index (χ2n) is 12.4. The molecule has 2 N–H and O–H groups in total. The number of carbonyl (C=O) groups is 2. The molecule has 1 aromatic rings. The second-order valence-corrected chi connectivity index (χ2v) is 12.4. The molecule has 1 aromatic carbocycles. The molecule has 0 heterocycles. The van der Waals surface area contributed by atoms with Crippen LogP contribution in [-0.4, -0.2) is 50.1 Å². The van der Waals surface area contributed by atoms with Crippen LogP contribution < -0.4 is 15.4 Å². The van der Waals surface area contributed by atoms with E-state index in [1.165, 1.54) is 109 Å². The first-order valence-corrected chi connectivity index (χ1v) is 18.0. The summed E-state index contributed by atoms with van der Waals surface area (Å²) in [6, 6.07) is 5.94. The van der Waals surface area contributed by atoms with Gasteiger partial charge in [-0.3, -0.25) is 4.79 Å². The van der Waals surface area contributed by atoms with Crippen molar-refractivity contribution in [1.82, 2.24) is 15.5 Å². The Hall–Kier alpha value is -2.08. The van der Waals surface area contributed by atoms with E-state index in [1.54, 1.807) is 0 Å². The van der Waals surface area contributed by atoms with Gasteiger partial charge in [-0.1, -0.05) is 136 Å². The average molecular weight is 602 g/mol. The maximum Gasteiger partial charge on any atom is 0.412 e. The van der Waals surface area contributed by atoms with Crippen molar-refractivity contribution in [3.8, 4) is 5.75 Å². The summed E-state index contributed by atoms with van der Waals surface area (Å²) in [5, 5.41) is 5.84. The third kappa shape index (κ3) is 19.7. The van der Waals surface area contributed by atoms with Crippen LogP contribution in [0.4, 0.5) is 4.79 Å². The number of benzene rings is 1. The number of nitrogens with one attached hydrogen (secondary N) is 2. The highest BCUT2D eigenvalue weighted by atomic mass is 16.6. The van der Waals surface area contributed by atoms with Gasteiger partial charge in [-0.2, -0.15) is 0 Å². The zero-order chi connectivity index (χ0) is 31.4. The number of unbranched alkanes of at least 4 members (excludes halogenated alkanes) is 15. The first-order valence-electron chi connectivity index (χ1n) is 18.0. The van der Waals surface area contributed by atoms with Gasteiger partial charge in [-0.25, -0.2) is 4.79 Å². The predicted molar refractivity (Wildman–Crippen MR) is 183 cm³/mol. The number of carbonyl (C=O) groups excluding carboxylic acids is 2. The molecule has 1 unspecified atom stereocenters. The molecule has 6 nitrogen and oxygen atoms in total. The largest absolute Gasteiger partial charge is 0.412 e. The van der Waals surface area contributed by atoms with Crippen LogP contribution in [0.5, 0.6) is 5.75 Å². The molecular weight excluding hydrogens is 534 g/mol. The molecule has 0 aliphatic carbocycles. The van der Waals surface area contributed by atoms with Crippen LogP contribution in [0.3, 0.4) is 0 Å². The van der Waals surface area contributed by atoms with Crippen LogP contribution in [0.15, 0.2) is 18.2 Å². The first kappa shape index (κ1) is 38.9. The second kappa shape index (κ2) is 27.5. The Bertz CT molecular complexity index is 808. The Balaban J connectivity index is 2.43. The highest BCUT2D eigenvalue weighted by Gasteiger charge is 2.17. The minimum atomic E-state index is -0.402. The normalized spacial score (nSPS) is 11.9. The third-order valence-electron chi connectivity index (χ3n) is 8.68. The average Bonchev–Trinajstić information content (AvgIpc) is 3.01.